The molecule has 25 heavy (non-hydrogen) atoms. The van der Waals surface area contributed by atoms with Gasteiger partial charge in [0, 0.05) is 19.2 Å². The Morgan fingerprint density at radius 2 is 1.84 bits per heavy atom. The Balaban J connectivity index is 1.60. The number of methoxy groups -OCH3 is 2. The van der Waals surface area contributed by atoms with Gasteiger partial charge in [-0.1, -0.05) is 12.1 Å². The maximum absolute atomic E-state index is 12.5. The number of hydrogen-bond donors (Lipinski definition) is 1. The predicted molar refractivity (Wildman–Crippen MR) is 93.2 cm³/mol. The molecule has 0 spiro atoms. The molecule has 0 saturated heterocycles. The summed E-state index contributed by atoms with van der Waals surface area (Å²) in [6.45, 7) is 0.516. The number of nitrogens with one attached hydrogen (secondary N) is 1. The van der Waals surface area contributed by atoms with E-state index in [4.69, 9.17) is 9.47 Å². The van der Waals surface area contributed by atoms with Crippen LogP contribution in [0.4, 0.5) is 0 Å². The van der Waals surface area contributed by atoms with Gasteiger partial charge in [0.2, 0.25) is 0 Å². The topological polar surface area (TPSA) is 77.8 Å². The van der Waals surface area contributed by atoms with E-state index in [1.54, 1.807) is 18.2 Å². The summed E-state index contributed by atoms with van der Waals surface area (Å²) >= 11 is 0. The zero-order valence-electron chi connectivity index (χ0n) is 14.2. The maximum atomic E-state index is 12.5. The summed E-state index contributed by atoms with van der Waals surface area (Å²) in [4.78, 5) is 12.5. The summed E-state index contributed by atoms with van der Waals surface area (Å²) in [5.74, 6) is 1.63. The Morgan fingerprint density at radius 1 is 1.08 bits per heavy atom. The number of hydrogen-bond acceptors (Lipinski definition) is 5. The van der Waals surface area contributed by atoms with Gasteiger partial charge in [0.05, 0.1) is 14.2 Å². The molecule has 0 saturated carbocycles. The lowest BCUT2D eigenvalue weighted by atomic mass is 10.1. The molecule has 0 atom stereocenters. The molecular weight excluding hydrogens is 320 g/mol. The molecule has 0 unspecified atom stereocenters. The Labute approximate surface area is 145 Å². The molecule has 0 aliphatic carbocycles. The van der Waals surface area contributed by atoms with Gasteiger partial charge < -0.3 is 14.8 Å². The van der Waals surface area contributed by atoms with Crippen LogP contribution in [0.25, 0.3) is 5.65 Å². The Bertz CT molecular complexity index is 853. The molecule has 7 nitrogen and oxygen atoms in total. The van der Waals surface area contributed by atoms with Crippen molar-refractivity contribution in [3.8, 4) is 11.5 Å². The summed E-state index contributed by atoms with van der Waals surface area (Å²) in [6, 6.07) is 11.0. The third-order valence-corrected chi connectivity index (χ3v) is 3.90. The highest BCUT2D eigenvalue weighted by molar-refractivity contribution is 5.99. The average molecular weight is 340 g/mol. The van der Waals surface area contributed by atoms with Gasteiger partial charge in [-0.3, -0.25) is 9.20 Å². The van der Waals surface area contributed by atoms with E-state index in [-0.39, 0.29) is 5.91 Å². The minimum Gasteiger partial charge on any atom is -0.496 e. The summed E-state index contributed by atoms with van der Waals surface area (Å²) in [6.07, 6.45) is 3.40. The number of aromatic nitrogens is 3. The first-order chi connectivity index (χ1) is 12.2. The fourth-order valence-corrected chi connectivity index (χ4v) is 2.67. The molecule has 3 rings (SSSR count). The second-order valence-corrected chi connectivity index (χ2v) is 5.44. The van der Waals surface area contributed by atoms with Crippen molar-refractivity contribution in [2.45, 2.75) is 12.8 Å². The van der Waals surface area contributed by atoms with E-state index in [9.17, 15) is 4.79 Å². The van der Waals surface area contributed by atoms with Crippen LogP contribution in [0.15, 0.2) is 42.6 Å². The summed E-state index contributed by atoms with van der Waals surface area (Å²) < 4.78 is 12.5. The molecule has 1 aromatic carbocycles. The lowest BCUT2D eigenvalue weighted by Crippen LogP contribution is -2.26. The molecule has 1 amide bonds. The van der Waals surface area contributed by atoms with Crippen molar-refractivity contribution in [3.63, 3.8) is 0 Å². The Morgan fingerprint density at radius 3 is 2.56 bits per heavy atom. The highest BCUT2D eigenvalue weighted by atomic mass is 16.5. The third-order valence-electron chi connectivity index (χ3n) is 3.90. The number of carbonyl (C=O) groups excluding carboxylic acids is 1. The van der Waals surface area contributed by atoms with Crippen LogP contribution in [0.3, 0.4) is 0 Å². The number of amides is 1. The van der Waals surface area contributed by atoms with Crippen LogP contribution < -0.4 is 14.8 Å². The Kier molecular flexibility index (Phi) is 5.13. The first-order valence-corrected chi connectivity index (χ1v) is 8.02. The summed E-state index contributed by atoms with van der Waals surface area (Å²) in [7, 11) is 3.06. The van der Waals surface area contributed by atoms with Crippen molar-refractivity contribution >= 4 is 11.6 Å². The fourth-order valence-electron chi connectivity index (χ4n) is 2.67. The van der Waals surface area contributed by atoms with Crippen LogP contribution >= 0.6 is 0 Å². The smallest absolute Gasteiger partial charge is 0.258 e. The standard InChI is InChI=1S/C18H20N4O3/c1-24-13-7-5-8-14(25-2)17(13)18(23)19-11-6-10-16-21-20-15-9-3-4-12-22(15)16/h3-5,7-9,12H,6,10-11H2,1-2H3,(H,19,23). The first kappa shape index (κ1) is 16.8. The van der Waals surface area contributed by atoms with Crippen molar-refractivity contribution in [1.82, 2.24) is 19.9 Å². The van der Waals surface area contributed by atoms with Crippen molar-refractivity contribution in [3.05, 3.63) is 54.0 Å². The molecule has 0 radical (unpaired) electrons. The number of aryl methyl sites for hydroxylation is 1. The second kappa shape index (κ2) is 7.65. The fraction of sp³-hybridized carbons (Fsp3) is 0.278. The minimum absolute atomic E-state index is 0.222. The molecule has 0 aliphatic heterocycles. The highest BCUT2D eigenvalue weighted by Gasteiger charge is 2.17. The zero-order valence-corrected chi connectivity index (χ0v) is 14.2. The van der Waals surface area contributed by atoms with E-state index in [0.29, 0.717) is 30.0 Å². The lowest BCUT2D eigenvalue weighted by Gasteiger charge is -2.12. The number of benzene rings is 1. The van der Waals surface area contributed by atoms with E-state index in [2.05, 4.69) is 15.5 Å². The van der Waals surface area contributed by atoms with Crippen LogP contribution in [0.1, 0.15) is 22.6 Å². The quantitative estimate of drug-likeness (QED) is 0.667. The van der Waals surface area contributed by atoms with Gasteiger partial charge in [-0.2, -0.15) is 0 Å². The summed E-state index contributed by atoms with van der Waals surface area (Å²) in [5.41, 5.74) is 1.22. The van der Waals surface area contributed by atoms with Crippen molar-refractivity contribution < 1.29 is 14.3 Å². The largest absolute Gasteiger partial charge is 0.496 e. The monoisotopic (exact) mass is 340 g/mol. The molecule has 1 N–H and O–H groups in total. The number of carbonyl (C=O) groups is 1. The predicted octanol–water partition coefficient (Wildman–Crippen LogP) is 2.11. The number of nitrogens with zero attached hydrogens (tertiary/aromatic N) is 3. The van der Waals surface area contributed by atoms with Crippen LogP contribution in [0.2, 0.25) is 0 Å². The van der Waals surface area contributed by atoms with Gasteiger partial charge in [-0.05, 0) is 30.7 Å². The molecule has 130 valence electrons. The molecular formula is C18H20N4O3. The molecule has 0 bridgehead atoms. The van der Waals surface area contributed by atoms with Gasteiger partial charge in [0.25, 0.3) is 5.91 Å². The van der Waals surface area contributed by atoms with E-state index in [1.165, 1.54) is 14.2 Å². The van der Waals surface area contributed by atoms with Gasteiger partial charge in [-0.25, -0.2) is 0 Å². The third kappa shape index (κ3) is 3.55. The van der Waals surface area contributed by atoms with E-state index < -0.39 is 0 Å². The van der Waals surface area contributed by atoms with Crippen LogP contribution in [0, 0.1) is 0 Å². The van der Waals surface area contributed by atoms with Gasteiger partial charge in [0.1, 0.15) is 22.9 Å². The van der Waals surface area contributed by atoms with Crippen LogP contribution in [0.5, 0.6) is 11.5 Å². The lowest BCUT2D eigenvalue weighted by molar-refractivity contribution is 0.0947. The molecule has 2 aromatic heterocycles. The second-order valence-electron chi connectivity index (χ2n) is 5.44. The average Bonchev–Trinajstić information content (AvgIpc) is 3.07. The molecule has 0 fully saturated rings. The van der Waals surface area contributed by atoms with Gasteiger partial charge >= 0.3 is 0 Å². The Hall–Kier alpha value is -3.09. The van der Waals surface area contributed by atoms with Gasteiger partial charge in [-0.15, -0.1) is 10.2 Å². The van der Waals surface area contributed by atoms with Crippen molar-refractivity contribution in [2.24, 2.45) is 0 Å². The minimum atomic E-state index is -0.222. The molecule has 2 heterocycles. The first-order valence-electron chi connectivity index (χ1n) is 8.02. The number of fused-ring (bicyclic) bond motifs is 1. The zero-order chi connectivity index (χ0) is 17.6. The normalized spacial score (nSPS) is 10.6. The van der Waals surface area contributed by atoms with E-state index in [1.807, 2.05) is 28.8 Å². The number of pyridine rings is 1. The molecule has 0 aliphatic rings. The SMILES string of the molecule is COc1cccc(OC)c1C(=O)NCCCc1nnc2ccccn12. The molecule has 7 heteroatoms. The van der Waals surface area contributed by atoms with Crippen molar-refractivity contribution in [1.29, 1.82) is 0 Å². The summed E-state index contributed by atoms with van der Waals surface area (Å²) in [5, 5.41) is 11.2. The van der Waals surface area contributed by atoms with E-state index >= 15 is 0 Å². The number of rotatable bonds is 7. The van der Waals surface area contributed by atoms with Crippen molar-refractivity contribution in [2.75, 3.05) is 20.8 Å². The van der Waals surface area contributed by atoms with Crippen LogP contribution in [-0.2, 0) is 6.42 Å². The maximum Gasteiger partial charge on any atom is 0.258 e. The number of ether oxygens (including phenoxy) is 2. The van der Waals surface area contributed by atoms with E-state index in [0.717, 1.165) is 17.9 Å². The molecule has 3 aromatic rings. The van der Waals surface area contributed by atoms with Crippen LogP contribution in [-0.4, -0.2) is 41.3 Å². The van der Waals surface area contributed by atoms with Gasteiger partial charge in [0.15, 0.2) is 5.65 Å². The highest BCUT2D eigenvalue weighted by Crippen LogP contribution is 2.27.